The van der Waals surface area contributed by atoms with Crippen molar-refractivity contribution >= 4 is 5.97 Å². The first-order valence-corrected chi connectivity index (χ1v) is 5.66. The number of ether oxygens (including phenoxy) is 1. The fraction of sp³-hybridized carbons (Fsp3) is 0.462. The van der Waals surface area contributed by atoms with Crippen molar-refractivity contribution in [3.63, 3.8) is 0 Å². The van der Waals surface area contributed by atoms with Crippen LogP contribution in [-0.2, 0) is 16.0 Å². The second kappa shape index (κ2) is 4.66. The Morgan fingerprint density at radius 3 is 2.94 bits per heavy atom. The highest BCUT2D eigenvalue weighted by atomic mass is 16.5. The standard InChI is InChI=1S/C13H16O3/c1-2-9-5-3-4-6-10(9)12-11(13(14)15)7-8-16-12/h3-6,11-12H,2,7-8H2,1H3,(H,14,15). The monoisotopic (exact) mass is 220 g/mol. The Morgan fingerprint density at radius 1 is 1.50 bits per heavy atom. The molecule has 0 bridgehead atoms. The fourth-order valence-electron chi connectivity index (χ4n) is 2.28. The Kier molecular flexibility index (Phi) is 3.25. The van der Waals surface area contributed by atoms with Crippen LogP contribution in [0.15, 0.2) is 24.3 Å². The Labute approximate surface area is 95.0 Å². The summed E-state index contributed by atoms with van der Waals surface area (Å²) in [6, 6.07) is 7.93. The molecule has 1 aliphatic heterocycles. The quantitative estimate of drug-likeness (QED) is 0.850. The van der Waals surface area contributed by atoms with Gasteiger partial charge in [-0.05, 0) is 24.0 Å². The number of aliphatic carboxylic acids is 1. The van der Waals surface area contributed by atoms with Gasteiger partial charge in [0.05, 0.1) is 12.0 Å². The zero-order valence-corrected chi connectivity index (χ0v) is 9.35. The first kappa shape index (κ1) is 11.1. The second-order valence-corrected chi connectivity index (χ2v) is 4.08. The van der Waals surface area contributed by atoms with E-state index < -0.39 is 11.9 Å². The molecule has 1 aromatic carbocycles. The molecule has 16 heavy (non-hydrogen) atoms. The molecular formula is C13H16O3. The Bertz CT molecular complexity index is 387. The third-order valence-corrected chi connectivity index (χ3v) is 3.15. The SMILES string of the molecule is CCc1ccccc1C1OCCC1C(=O)O. The highest BCUT2D eigenvalue weighted by Crippen LogP contribution is 2.36. The molecule has 3 heteroatoms. The van der Waals surface area contributed by atoms with Gasteiger partial charge in [-0.3, -0.25) is 4.79 Å². The van der Waals surface area contributed by atoms with Crippen molar-refractivity contribution in [2.45, 2.75) is 25.9 Å². The van der Waals surface area contributed by atoms with E-state index in [1.807, 2.05) is 24.3 Å². The molecule has 1 saturated heterocycles. The third-order valence-electron chi connectivity index (χ3n) is 3.15. The maximum absolute atomic E-state index is 11.1. The van der Waals surface area contributed by atoms with Crippen LogP contribution in [-0.4, -0.2) is 17.7 Å². The smallest absolute Gasteiger partial charge is 0.309 e. The van der Waals surface area contributed by atoms with Gasteiger partial charge in [0.2, 0.25) is 0 Å². The molecule has 0 amide bonds. The number of hydrogen-bond acceptors (Lipinski definition) is 2. The zero-order chi connectivity index (χ0) is 11.5. The molecule has 0 aromatic heterocycles. The van der Waals surface area contributed by atoms with E-state index in [2.05, 4.69) is 6.92 Å². The molecule has 1 aromatic rings. The van der Waals surface area contributed by atoms with Gasteiger partial charge >= 0.3 is 5.97 Å². The van der Waals surface area contributed by atoms with Crippen LogP contribution < -0.4 is 0 Å². The number of carbonyl (C=O) groups is 1. The van der Waals surface area contributed by atoms with Gasteiger partial charge < -0.3 is 9.84 Å². The highest BCUT2D eigenvalue weighted by Gasteiger charge is 2.35. The van der Waals surface area contributed by atoms with Crippen molar-refractivity contribution in [2.24, 2.45) is 5.92 Å². The molecular weight excluding hydrogens is 204 g/mol. The molecule has 0 radical (unpaired) electrons. The summed E-state index contributed by atoms with van der Waals surface area (Å²) in [5.41, 5.74) is 2.22. The molecule has 0 aliphatic carbocycles. The van der Waals surface area contributed by atoms with Crippen LogP contribution >= 0.6 is 0 Å². The van der Waals surface area contributed by atoms with Crippen LogP contribution in [0.1, 0.15) is 30.6 Å². The van der Waals surface area contributed by atoms with E-state index in [0.29, 0.717) is 13.0 Å². The maximum atomic E-state index is 11.1. The molecule has 3 nitrogen and oxygen atoms in total. The van der Waals surface area contributed by atoms with Crippen LogP contribution in [0.5, 0.6) is 0 Å². The highest BCUT2D eigenvalue weighted by molar-refractivity contribution is 5.71. The summed E-state index contributed by atoms with van der Waals surface area (Å²) < 4.78 is 5.57. The number of benzene rings is 1. The van der Waals surface area contributed by atoms with Crippen molar-refractivity contribution in [1.82, 2.24) is 0 Å². The van der Waals surface area contributed by atoms with Crippen molar-refractivity contribution in [3.8, 4) is 0 Å². The first-order chi connectivity index (χ1) is 7.74. The molecule has 0 spiro atoms. The first-order valence-electron chi connectivity index (χ1n) is 5.66. The minimum absolute atomic E-state index is 0.270. The number of carboxylic acid groups (broad SMARTS) is 1. The largest absolute Gasteiger partial charge is 0.481 e. The van der Waals surface area contributed by atoms with E-state index in [1.54, 1.807) is 0 Å². The topological polar surface area (TPSA) is 46.5 Å². The number of carboxylic acids is 1. The molecule has 2 rings (SSSR count). The van der Waals surface area contributed by atoms with Gasteiger partial charge in [-0.1, -0.05) is 31.2 Å². The van der Waals surface area contributed by atoms with Gasteiger partial charge in [-0.15, -0.1) is 0 Å². The molecule has 1 N–H and O–H groups in total. The van der Waals surface area contributed by atoms with Gasteiger partial charge in [0.25, 0.3) is 0 Å². The van der Waals surface area contributed by atoms with Gasteiger partial charge in [-0.2, -0.15) is 0 Å². The van der Waals surface area contributed by atoms with E-state index in [4.69, 9.17) is 9.84 Å². The average molecular weight is 220 g/mol. The lowest BCUT2D eigenvalue weighted by atomic mass is 9.91. The number of aryl methyl sites for hydroxylation is 1. The molecule has 1 aliphatic rings. The van der Waals surface area contributed by atoms with Gasteiger partial charge in [0, 0.05) is 6.61 Å². The van der Waals surface area contributed by atoms with Crippen molar-refractivity contribution in [1.29, 1.82) is 0 Å². The Morgan fingerprint density at radius 2 is 2.25 bits per heavy atom. The molecule has 2 atom stereocenters. The molecule has 0 saturated carbocycles. The summed E-state index contributed by atoms with van der Waals surface area (Å²) in [7, 11) is 0. The summed E-state index contributed by atoms with van der Waals surface area (Å²) in [4.78, 5) is 11.1. The summed E-state index contributed by atoms with van der Waals surface area (Å²) >= 11 is 0. The summed E-state index contributed by atoms with van der Waals surface area (Å²) in [6.07, 6.45) is 1.24. The van der Waals surface area contributed by atoms with Crippen LogP contribution in [0.3, 0.4) is 0 Å². The van der Waals surface area contributed by atoms with E-state index in [-0.39, 0.29) is 6.10 Å². The number of hydrogen-bond donors (Lipinski definition) is 1. The van der Waals surface area contributed by atoms with E-state index in [1.165, 1.54) is 5.56 Å². The minimum Gasteiger partial charge on any atom is -0.481 e. The molecule has 86 valence electrons. The Balaban J connectivity index is 2.32. The van der Waals surface area contributed by atoms with Crippen LogP contribution in [0.4, 0.5) is 0 Å². The Hall–Kier alpha value is -1.35. The molecule has 1 fully saturated rings. The van der Waals surface area contributed by atoms with Crippen molar-refractivity contribution in [2.75, 3.05) is 6.61 Å². The van der Waals surface area contributed by atoms with Gasteiger partial charge in [-0.25, -0.2) is 0 Å². The van der Waals surface area contributed by atoms with E-state index >= 15 is 0 Å². The zero-order valence-electron chi connectivity index (χ0n) is 9.35. The summed E-state index contributed by atoms with van der Waals surface area (Å²) in [5, 5.41) is 9.13. The van der Waals surface area contributed by atoms with Gasteiger partial charge in [0.15, 0.2) is 0 Å². The van der Waals surface area contributed by atoms with Gasteiger partial charge in [0.1, 0.15) is 0 Å². The second-order valence-electron chi connectivity index (χ2n) is 4.08. The lowest BCUT2D eigenvalue weighted by molar-refractivity contribution is -0.143. The predicted molar refractivity (Wildman–Crippen MR) is 60.3 cm³/mol. The van der Waals surface area contributed by atoms with Crippen LogP contribution in [0, 0.1) is 5.92 Å². The molecule has 1 heterocycles. The predicted octanol–water partition coefficient (Wildman–Crippen LogP) is 2.41. The van der Waals surface area contributed by atoms with E-state index in [0.717, 1.165) is 12.0 Å². The van der Waals surface area contributed by atoms with Crippen molar-refractivity contribution in [3.05, 3.63) is 35.4 Å². The van der Waals surface area contributed by atoms with Crippen LogP contribution in [0.25, 0.3) is 0 Å². The lowest BCUT2D eigenvalue weighted by Crippen LogP contribution is -2.18. The summed E-state index contributed by atoms with van der Waals surface area (Å²) in [5.74, 6) is -1.15. The maximum Gasteiger partial charge on any atom is 0.309 e. The fourth-order valence-corrected chi connectivity index (χ4v) is 2.28. The van der Waals surface area contributed by atoms with Crippen molar-refractivity contribution < 1.29 is 14.6 Å². The normalized spacial score (nSPS) is 24.6. The average Bonchev–Trinajstić information content (AvgIpc) is 2.77. The lowest BCUT2D eigenvalue weighted by Gasteiger charge is -2.18. The minimum atomic E-state index is -0.756. The van der Waals surface area contributed by atoms with E-state index in [9.17, 15) is 4.79 Å². The number of rotatable bonds is 3. The van der Waals surface area contributed by atoms with Crippen LogP contribution in [0.2, 0.25) is 0 Å². The molecule has 2 unspecified atom stereocenters. The third kappa shape index (κ3) is 1.95. The summed E-state index contributed by atoms with van der Waals surface area (Å²) in [6.45, 7) is 2.61.